The van der Waals surface area contributed by atoms with Crippen molar-refractivity contribution >= 4 is 16.9 Å². The van der Waals surface area contributed by atoms with E-state index in [1.165, 1.54) is 7.11 Å². The number of methoxy groups -OCH3 is 1. The Morgan fingerprint density at radius 2 is 2.32 bits per heavy atom. The first kappa shape index (κ1) is 12.0. The second-order valence-electron chi connectivity index (χ2n) is 4.44. The van der Waals surface area contributed by atoms with Crippen LogP contribution < -0.4 is 0 Å². The molecule has 0 aliphatic carbocycles. The molecule has 0 amide bonds. The first-order valence-electron chi connectivity index (χ1n) is 6.27. The van der Waals surface area contributed by atoms with Crippen LogP contribution in [0.2, 0.25) is 0 Å². The lowest BCUT2D eigenvalue weighted by atomic mass is 10.1. The summed E-state index contributed by atoms with van der Waals surface area (Å²) in [6.45, 7) is 0.696. The molecule has 2 aromatic rings. The minimum absolute atomic E-state index is 0.156. The number of benzene rings is 1. The average Bonchev–Trinajstić information content (AvgIpc) is 2.91. The summed E-state index contributed by atoms with van der Waals surface area (Å²) in [5.41, 5.74) is 1.42. The lowest BCUT2D eigenvalue weighted by molar-refractivity contribution is 0.0349. The van der Waals surface area contributed by atoms with Crippen molar-refractivity contribution in [3.8, 4) is 0 Å². The van der Waals surface area contributed by atoms with Crippen LogP contribution in [-0.2, 0) is 9.47 Å². The molecule has 0 saturated carbocycles. The predicted molar refractivity (Wildman–Crippen MR) is 72.0 cm³/mol. The molecular formula is C15H15NO3. The van der Waals surface area contributed by atoms with Gasteiger partial charge in [-0.1, -0.05) is 18.2 Å². The van der Waals surface area contributed by atoms with E-state index in [2.05, 4.69) is 6.08 Å². The van der Waals surface area contributed by atoms with Gasteiger partial charge in [-0.3, -0.25) is 0 Å². The van der Waals surface area contributed by atoms with E-state index in [-0.39, 0.29) is 12.2 Å². The Balaban J connectivity index is 2.17. The van der Waals surface area contributed by atoms with Crippen molar-refractivity contribution in [2.45, 2.75) is 12.6 Å². The van der Waals surface area contributed by atoms with E-state index in [0.717, 1.165) is 17.3 Å². The van der Waals surface area contributed by atoms with Crippen LogP contribution in [0.25, 0.3) is 10.9 Å². The quantitative estimate of drug-likeness (QED) is 0.613. The number of aromatic nitrogens is 1. The fourth-order valence-electron chi connectivity index (χ4n) is 2.40. The third-order valence-electron chi connectivity index (χ3n) is 3.29. The Labute approximate surface area is 111 Å². The molecule has 0 unspecified atom stereocenters. The third-order valence-corrected chi connectivity index (χ3v) is 3.29. The highest BCUT2D eigenvalue weighted by Crippen LogP contribution is 2.27. The molecule has 1 aliphatic heterocycles. The molecule has 0 fully saturated rings. The van der Waals surface area contributed by atoms with E-state index in [1.54, 1.807) is 6.07 Å². The Hall–Kier alpha value is -2.07. The van der Waals surface area contributed by atoms with Crippen molar-refractivity contribution in [1.29, 1.82) is 0 Å². The zero-order chi connectivity index (χ0) is 13.2. The summed E-state index contributed by atoms with van der Waals surface area (Å²) in [4.78, 5) is 11.9. The summed E-state index contributed by atoms with van der Waals surface area (Å²) in [7, 11) is 1.39. The number of carbonyl (C=O) groups is 1. The molecular weight excluding hydrogens is 242 g/mol. The van der Waals surface area contributed by atoms with E-state index in [1.807, 2.05) is 35.0 Å². The lowest BCUT2D eigenvalue weighted by Crippen LogP contribution is -2.15. The molecule has 3 rings (SSSR count). The standard InChI is InChI=1S/C15H15NO3/c1-18-15(17)12-6-4-5-11-8-9-16(14(11)12)13-7-2-3-10-19-13/h2,4-9,13H,3,10H2,1H3/t13-/m0/s1. The summed E-state index contributed by atoms with van der Waals surface area (Å²) >= 11 is 0. The van der Waals surface area contributed by atoms with E-state index in [9.17, 15) is 4.79 Å². The number of fused-ring (bicyclic) bond motifs is 1. The number of para-hydroxylation sites is 1. The van der Waals surface area contributed by atoms with Crippen LogP contribution in [0, 0.1) is 0 Å². The zero-order valence-electron chi connectivity index (χ0n) is 10.7. The highest BCUT2D eigenvalue weighted by Gasteiger charge is 2.18. The van der Waals surface area contributed by atoms with Gasteiger partial charge in [-0.25, -0.2) is 4.79 Å². The molecule has 1 aromatic carbocycles. The summed E-state index contributed by atoms with van der Waals surface area (Å²) in [5.74, 6) is -0.328. The van der Waals surface area contributed by atoms with Crippen molar-refractivity contribution in [3.05, 3.63) is 48.2 Å². The summed E-state index contributed by atoms with van der Waals surface area (Å²) in [6, 6.07) is 7.59. The maximum absolute atomic E-state index is 11.9. The molecule has 98 valence electrons. The van der Waals surface area contributed by atoms with Gasteiger partial charge in [-0.2, -0.15) is 0 Å². The van der Waals surface area contributed by atoms with Gasteiger partial charge in [0.2, 0.25) is 0 Å². The summed E-state index contributed by atoms with van der Waals surface area (Å²) < 4.78 is 12.5. The molecule has 4 nitrogen and oxygen atoms in total. The van der Waals surface area contributed by atoms with Crippen molar-refractivity contribution in [2.24, 2.45) is 0 Å². The maximum atomic E-state index is 11.9. The van der Waals surface area contributed by atoms with Crippen LogP contribution in [0.3, 0.4) is 0 Å². The van der Waals surface area contributed by atoms with Crippen LogP contribution in [0.1, 0.15) is 23.0 Å². The number of esters is 1. The van der Waals surface area contributed by atoms with Crippen molar-refractivity contribution in [2.75, 3.05) is 13.7 Å². The molecule has 0 bridgehead atoms. The van der Waals surface area contributed by atoms with Crippen molar-refractivity contribution < 1.29 is 14.3 Å². The fourth-order valence-corrected chi connectivity index (χ4v) is 2.40. The van der Waals surface area contributed by atoms with Crippen LogP contribution in [0.15, 0.2) is 42.6 Å². The Bertz CT molecular complexity index is 642. The molecule has 0 N–H and O–H groups in total. The summed E-state index contributed by atoms with van der Waals surface area (Å²) in [5, 5.41) is 1.01. The number of rotatable bonds is 2. The molecule has 0 saturated heterocycles. The first-order valence-corrected chi connectivity index (χ1v) is 6.27. The van der Waals surface area contributed by atoms with E-state index in [4.69, 9.17) is 9.47 Å². The molecule has 1 aliphatic rings. The van der Waals surface area contributed by atoms with Crippen LogP contribution in [-0.4, -0.2) is 24.3 Å². The topological polar surface area (TPSA) is 40.5 Å². The molecule has 0 spiro atoms. The van der Waals surface area contributed by atoms with Crippen LogP contribution >= 0.6 is 0 Å². The number of hydrogen-bond acceptors (Lipinski definition) is 3. The second-order valence-corrected chi connectivity index (χ2v) is 4.44. The maximum Gasteiger partial charge on any atom is 0.340 e. The summed E-state index contributed by atoms with van der Waals surface area (Å²) in [6.07, 6.45) is 6.83. The molecule has 0 radical (unpaired) electrons. The van der Waals surface area contributed by atoms with E-state index >= 15 is 0 Å². The normalized spacial score (nSPS) is 18.7. The smallest absolute Gasteiger partial charge is 0.340 e. The van der Waals surface area contributed by atoms with Gasteiger partial charge in [0.15, 0.2) is 6.23 Å². The van der Waals surface area contributed by atoms with Gasteiger partial charge in [-0.05, 0) is 24.6 Å². The Morgan fingerprint density at radius 1 is 1.42 bits per heavy atom. The van der Waals surface area contributed by atoms with Gasteiger partial charge in [0.05, 0.1) is 24.8 Å². The monoisotopic (exact) mass is 257 g/mol. The van der Waals surface area contributed by atoms with Gasteiger partial charge in [0.1, 0.15) is 0 Å². The predicted octanol–water partition coefficient (Wildman–Crippen LogP) is 2.90. The van der Waals surface area contributed by atoms with Gasteiger partial charge in [-0.15, -0.1) is 0 Å². The van der Waals surface area contributed by atoms with Gasteiger partial charge in [0, 0.05) is 11.6 Å². The number of nitrogens with zero attached hydrogens (tertiary/aromatic N) is 1. The SMILES string of the molecule is COC(=O)c1cccc2ccn([C@@H]3C=CCCO3)c12. The van der Waals surface area contributed by atoms with Gasteiger partial charge in [0.25, 0.3) is 0 Å². The molecule has 1 atom stereocenters. The highest BCUT2D eigenvalue weighted by atomic mass is 16.5. The van der Waals surface area contributed by atoms with Gasteiger partial charge < -0.3 is 14.0 Å². The zero-order valence-corrected chi connectivity index (χ0v) is 10.7. The number of ether oxygens (including phenoxy) is 2. The average molecular weight is 257 g/mol. The molecule has 4 heteroatoms. The van der Waals surface area contributed by atoms with E-state index < -0.39 is 0 Å². The van der Waals surface area contributed by atoms with Gasteiger partial charge >= 0.3 is 5.97 Å². The molecule has 2 heterocycles. The minimum atomic E-state index is -0.328. The first-order chi connectivity index (χ1) is 9.31. The highest BCUT2D eigenvalue weighted by molar-refractivity contribution is 6.03. The Morgan fingerprint density at radius 3 is 3.05 bits per heavy atom. The fraction of sp³-hybridized carbons (Fsp3) is 0.267. The second kappa shape index (κ2) is 4.90. The van der Waals surface area contributed by atoms with E-state index in [0.29, 0.717) is 12.2 Å². The van der Waals surface area contributed by atoms with Crippen molar-refractivity contribution in [1.82, 2.24) is 4.57 Å². The molecule has 1 aromatic heterocycles. The number of carbonyl (C=O) groups excluding carboxylic acids is 1. The van der Waals surface area contributed by atoms with Crippen molar-refractivity contribution in [3.63, 3.8) is 0 Å². The third kappa shape index (κ3) is 2.04. The number of hydrogen-bond donors (Lipinski definition) is 0. The Kier molecular flexibility index (Phi) is 3.09. The largest absolute Gasteiger partial charge is 0.465 e. The molecule has 19 heavy (non-hydrogen) atoms. The van der Waals surface area contributed by atoms with Crippen LogP contribution in [0.4, 0.5) is 0 Å². The van der Waals surface area contributed by atoms with Crippen LogP contribution in [0.5, 0.6) is 0 Å². The lowest BCUT2D eigenvalue weighted by Gasteiger charge is -2.21. The minimum Gasteiger partial charge on any atom is -0.465 e.